The van der Waals surface area contributed by atoms with Crippen molar-refractivity contribution >= 4 is 11.8 Å². The summed E-state index contributed by atoms with van der Waals surface area (Å²) in [6.07, 6.45) is 3.07. The zero-order valence-corrected chi connectivity index (χ0v) is 11.9. The van der Waals surface area contributed by atoms with E-state index in [0.29, 0.717) is 0 Å². The van der Waals surface area contributed by atoms with E-state index in [2.05, 4.69) is 15.6 Å². The maximum atomic E-state index is 12.0. The Morgan fingerprint density at radius 2 is 1.95 bits per heavy atom. The lowest BCUT2D eigenvalue weighted by molar-refractivity contribution is -0.123. The third-order valence-corrected chi connectivity index (χ3v) is 2.98. The Bertz CT molecular complexity index is 596. The topological polar surface area (TPSA) is 84.2 Å². The third kappa shape index (κ3) is 3.92. The lowest BCUT2D eigenvalue weighted by atomic mass is 10.2. The van der Waals surface area contributed by atoms with Gasteiger partial charge < -0.3 is 15.1 Å². The number of hydrogen-bond acceptors (Lipinski definition) is 4. The van der Waals surface area contributed by atoms with Crippen molar-refractivity contribution in [3.63, 3.8) is 0 Å². The molecule has 2 heterocycles. The van der Waals surface area contributed by atoms with Crippen LogP contribution in [0.2, 0.25) is 0 Å². The average Bonchev–Trinajstić information content (AvgIpc) is 3.02. The van der Waals surface area contributed by atoms with E-state index in [1.165, 1.54) is 12.3 Å². The minimum atomic E-state index is -0.672. The van der Waals surface area contributed by atoms with E-state index in [1.807, 2.05) is 25.1 Å². The van der Waals surface area contributed by atoms with E-state index in [-0.39, 0.29) is 17.7 Å². The molecule has 0 spiro atoms. The largest absolute Gasteiger partial charge is 0.459 e. The van der Waals surface area contributed by atoms with Gasteiger partial charge in [0.25, 0.3) is 5.91 Å². The molecule has 0 bridgehead atoms. The highest BCUT2D eigenvalue weighted by Crippen LogP contribution is 2.08. The van der Waals surface area contributed by atoms with Gasteiger partial charge >= 0.3 is 0 Å². The standard InChI is InChI=1S/C15H17N3O3/c1-10(12-6-3-4-8-16-12)17-14(19)11(2)18-15(20)13-7-5-9-21-13/h3-11H,1-2H3,(H,17,19)(H,18,20)/t10-,11+/m0/s1. The predicted octanol–water partition coefficient (Wildman–Crippen LogP) is 1.67. The molecule has 2 aromatic rings. The summed E-state index contributed by atoms with van der Waals surface area (Å²) < 4.78 is 4.97. The number of rotatable bonds is 5. The van der Waals surface area contributed by atoms with Gasteiger partial charge in [0.15, 0.2) is 5.76 Å². The van der Waals surface area contributed by atoms with Crippen LogP contribution in [0.1, 0.15) is 36.1 Å². The Morgan fingerprint density at radius 3 is 2.57 bits per heavy atom. The van der Waals surface area contributed by atoms with Crippen molar-refractivity contribution in [1.29, 1.82) is 0 Å². The molecular weight excluding hydrogens is 270 g/mol. The summed E-state index contributed by atoms with van der Waals surface area (Å²) in [6.45, 7) is 3.45. The van der Waals surface area contributed by atoms with Crippen LogP contribution in [-0.2, 0) is 4.79 Å². The zero-order valence-electron chi connectivity index (χ0n) is 11.9. The van der Waals surface area contributed by atoms with Gasteiger partial charge in [0.2, 0.25) is 5.91 Å². The number of furan rings is 1. The van der Waals surface area contributed by atoms with Gasteiger partial charge in [-0.2, -0.15) is 0 Å². The molecule has 0 aliphatic heterocycles. The van der Waals surface area contributed by atoms with Crippen molar-refractivity contribution in [3.05, 3.63) is 54.2 Å². The van der Waals surface area contributed by atoms with Crippen molar-refractivity contribution in [3.8, 4) is 0 Å². The summed E-state index contributed by atoms with van der Waals surface area (Å²) in [5.41, 5.74) is 0.760. The Labute approximate surface area is 122 Å². The summed E-state index contributed by atoms with van der Waals surface area (Å²) in [7, 11) is 0. The quantitative estimate of drug-likeness (QED) is 0.876. The van der Waals surface area contributed by atoms with E-state index < -0.39 is 11.9 Å². The fraction of sp³-hybridized carbons (Fsp3) is 0.267. The molecule has 2 aromatic heterocycles. The first kappa shape index (κ1) is 14.8. The predicted molar refractivity (Wildman–Crippen MR) is 76.4 cm³/mol. The maximum Gasteiger partial charge on any atom is 0.287 e. The van der Waals surface area contributed by atoms with E-state index in [1.54, 1.807) is 19.2 Å². The fourth-order valence-electron chi connectivity index (χ4n) is 1.79. The minimum Gasteiger partial charge on any atom is -0.459 e. The number of nitrogens with zero attached hydrogens (tertiary/aromatic N) is 1. The Balaban J connectivity index is 1.89. The molecule has 2 amide bonds. The maximum absolute atomic E-state index is 12.0. The molecule has 0 unspecified atom stereocenters. The smallest absolute Gasteiger partial charge is 0.287 e. The van der Waals surface area contributed by atoms with Gasteiger partial charge in [0, 0.05) is 6.20 Å². The zero-order chi connectivity index (χ0) is 15.2. The molecule has 0 aliphatic carbocycles. The molecule has 0 radical (unpaired) electrons. The Kier molecular flexibility index (Phi) is 4.71. The fourth-order valence-corrected chi connectivity index (χ4v) is 1.79. The average molecular weight is 287 g/mol. The minimum absolute atomic E-state index is 0.174. The van der Waals surface area contributed by atoms with Gasteiger partial charge in [0.05, 0.1) is 18.0 Å². The van der Waals surface area contributed by atoms with Gasteiger partial charge in [-0.3, -0.25) is 14.6 Å². The first-order chi connectivity index (χ1) is 10.1. The molecule has 2 N–H and O–H groups in total. The lowest BCUT2D eigenvalue weighted by Gasteiger charge is -2.17. The molecule has 6 heteroatoms. The molecule has 0 saturated carbocycles. The van der Waals surface area contributed by atoms with Crippen LogP contribution in [-0.4, -0.2) is 22.8 Å². The third-order valence-electron chi connectivity index (χ3n) is 2.98. The monoisotopic (exact) mass is 287 g/mol. The SMILES string of the molecule is C[C@H](NC(=O)[C@@H](C)NC(=O)c1ccco1)c1ccccn1. The van der Waals surface area contributed by atoms with Crippen molar-refractivity contribution < 1.29 is 14.0 Å². The summed E-state index contributed by atoms with van der Waals surface area (Å²) >= 11 is 0. The van der Waals surface area contributed by atoms with Crippen LogP contribution in [0.5, 0.6) is 0 Å². The Morgan fingerprint density at radius 1 is 1.14 bits per heavy atom. The molecule has 6 nitrogen and oxygen atoms in total. The lowest BCUT2D eigenvalue weighted by Crippen LogP contribution is -2.45. The van der Waals surface area contributed by atoms with Gasteiger partial charge in [-0.1, -0.05) is 6.07 Å². The van der Waals surface area contributed by atoms with Gasteiger partial charge in [-0.15, -0.1) is 0 Å². The highest BCUT2D eigenvalue weighted by Gasteiger charge is 2.20. The summed E-state index contributed by atoms with van der Waals surface area (Å²) in [4.78, 5) is 28.0. The van der Waals surface area contributed by atoms with Gasteiger partial charge in [0.1, 0.15) is 6.04 Å². The Hall–Kier alpha value is -2.63. The van der Waals surface area contributed by atoms with Crippen LogP contribution < -0.4 is 10.6 Å². The number of nitrogens with one attached hydrogen (secondary N) is 2. The second-order valence-corrected chi connectivity index (χ2v) is 4.66. The van der Waals surface area contributed by atoms with E-state index >= 15 is 0 Å². The number of pyridine rings is 1. The van der Waals surface area contributed by atoms with Gasteiger partial charge in [-0.05, 0) is 38.1 Å². The molecule has 21 heavy (non-hydrogen) atoms. The van der Waals surface area contributed by atoms with Gasteiger partial charge in [-0.25, -0.2) is 0 Å². The molecule has 2 rings (SSSR count). The van der Waals surface area contributed by atoms with Crippen molar-refractivity contribution in [2.45, 2.75) is 25.9 Å². The molecule has 110 valence electrons. The molecule has 0 aliphatic rings. The summed E-state index contributed by atoms with van der Waals surface area (Å²) in [5.74, 6) is -0.534. The number of aromatic nitrogens is 1. The molecule has 2 atom stereocenters. The highest BCUT2D eigenvalue weighted by atomic mass is 16.3. The van der Waals surface area contributed by atoms with Crippen LogP contribution in [0.3, 0.4) is 0 Å². The molecular formula is C15H17N3O3. The molecule has 0 aromatic carbocycles. The van der Waals surface area contributed by atoms with Crippen molar-refractivity contribution in [1.82, 2.24) is 15.6 Å². The second kappa shape index (κ2) is 6.69. The van der Waals surface area contributed by atoms with Crippen LogP contribution in [0.25, 0.3) is 0 Å². The number of carbonyl (C=O) groups is 2. The number of amides is 2. The first-order valence-corrected chi connectivity index (χ1v) is 6.63. The van der Waals surface area contributed by atoms with Crippen LogP contribution in [0.15, 0.2) is 47.2 Å². The van der Waals surface area contributed by atoms with Crippen LogP contribution in [0, 0.1) is 0 Å². The normalized spacial score (nSPS) is 13.2. The molecule has 0 saturated heterocycles. The molecule has 0 fully saturated rings. The van der Waals surface area contributed by atoms with E-state index in [0.717, 1.165) is 5.69 Å². The highest BCUT2D eigenvalue weighted by molar-refractivity contribution is 5.95. The van der Waals surface area contributed by atoms with Crippen LogP contribution in [0.4, 0.5) is 0 Å². The van der Waals surface area contributed by atoms with Crippen molar-refractivity contribution in [2.24, 2.45) is 0 Å². The first-order valence-electron chi connectivity index (χ1n) is 6.63. The summed E-state index contributed by atoms with van der Waals surface area (Å²) in [6, 6.07) is 7.74. The van der Waals surface area contributed by atoms with Crippen LogP contribution >= 0.6 is 0 Å². The number of carbonyl (C=O) groups excluding carboxylic acids is 2. The number of hydrogen-bond donors (Lipinski definition) is 2. The van der Waals surface area contributed by atoms with E-state index in [9.17, 15) is 9.59 Å². The summed E-state index contributed by atoms with van der Waals surface area (Å²) in [5, 5.41) is 5.37. The van der Waals surface area contributed by atoms with Crippen molar-refractivity contribution in [2.75, 3.05) is 0 Å². The van der Waals surface area contributed by atoms with E-state index in [4.69, 9.17) is 4.42 Å². The second-order valence-electron chi connectivity index (χ2n) is 4.66.